The number of benzene rings is 9. The quantitative estimate of drug-likeness (QED) is 0.162. The number of para-hydroxylation sites is 1. The van der Waals surface area contributed by atoms with Crippen molar-refractivity contribution in [1.82, 2.24) is 0 Å². The van der Waals surface area contributed by atoms with E-state index >= 15 is 0 Å². The minimum Gasteiger partial charge on any atom is -0.310 e. The lowest BCUT2D eigenvalue weighted by atomic mass is 9.67. The fourth-order valence-electron chi connectivity index (χ4n) is 11.7. The van der Waals surface area contributed by atoms with E-state index in [0.717, 1.165) is 17.1 Å². The Bertz CT molecular complexity index is 3170. The number of anilines is 3. The molecular formula is C61H47N. The predicted molar refractivity (Wildman–Crippen MR) is 259 cm³/mol. The van der Waals surface area contributed by atoms with Crippen LogP contribution in [0, 0.1) is 0 Å². The molecule has 0 radical (unpaired) electrons. The largest absolute Gasteiger partial charge is 0.310 e. The van der Waals surface area contributed by atoms with E-state index < -0.39 is 5.41 Å². The van der Waals surface area contributed by atoms with Crippen LogP contribution >= 0.6 is 0 Å². The summed E-state index contributed by atoms with van der Waals surface area (Å²) in [5.41, 5.74) is 23.9. The van der Waals surface area contributed by atoms with Crippen molar-refractivity contribution in [2.24, 2.45) is 0 Å². The second-order valence-electron chi connectivity index (χ2n) is 18.4. The highest BCUT2D eigenvalue weighted by Crippen LogP contribution is 2.62. The van der Waals surface area contributed by atoms with Crippen LogP contribution in [0.1, 0.15) is 72.2 Å². The van der Waals surface area contributed by atoms with Crippen LogP contribution in [-0.4, -0.2) is 0 Å². The molecule has 9 aromatic carbocycles. The maximum absolute atomic E-state index is 2.57. The summed E-state index contributed by atoms with van der Waals surface area (Å²) < 4.78 is 0. The Labute approximate surface area is 365 Å². The highest BCUT2D eigenvalue weighted by Gasteiger charge is 2.47. The summed E-state index contributed by atoms with van der Waals surface area (Å²) in [5.74, 6) is 0. The zero-order valence-corrected chi connectivity index (χ0v) is 35.7. The van der Waals surface area contributed by atoms with Crippen LogP contribution in [0.4, 0.5) is 17.1 Å². The van der Waals surface area contributed by atoms with E-state index in [2.05, 4.69) is 245 Å². The zero-order valence-electron chi connectivity index (χ0n) is 35.7. The van der Waals surface area contributed by atoms with Gasteiger partial charge in [-0.15, -0.1) is 0 Å². The van der Waals surface area contributed by atoms with E-state index in [0.29, 0.717) is 0 Å². The minimum atomic E-state index is -0.497. The molecule has 0 aromatic heterocycles. The molecule has 0 spiro atoms. The normalized spacial score (nSPS) is 15.2. The van der Waals surface area contributed by atoms with E-state index in [1.165, 1.54) is 89.0 Å². The Balaban J connectivity index is 1.12. The molecular weight excluding hydrogens is 747 g/mol. The van der Waals surface area contributed by atoms with Crippen molar-refractivity contribution in [3.05, 3.63) is 257 Å². The summed E-state index contributed by atoms with van der Waals surface area (Å²) in [5, 5.41) is 0. The number of hydrogen-bond donors (Lipinski definition) is 0. The first-order valence-electron chi connectivity index (χ1n) is 22.0. The molecule has 0 bridgehead atoms. The molecule has 0 heterocycles. The van der Waals surface area contributed by atoms with Crippen LogP contribution in [0.5, 0.6) is 0 Å². The van der Waals surface area contributed by atoms with Crippen LogP contribution in [0.3, 0.4) is 0 Å². The first-order chi connectivity index (χ1) is 30.3. The molecule has 12 rings (SSSR count). The lowest BCUT2D eigenvalue weighted by Crippen LogP contribution is -2.28. The van der Waals surface area contributed by atoms with Crippen molar-refractivity contribution in [3.8, 4) is 44.5 Å². The molecule has 0 amide bonds. The molecule has 0 unspecified atom stereocenters. The highest BCUT2D eigenvalue weighted by molar-refractivity contribution is 6.05. The maximum Gasteiger partial charge on any atom is 0.0714 e. The number of fused-ring (bicyclic) bond motifs is 9. The first kappa shape index (κ1) is 36.6. The molecule has 3 aliphatic rings. The Kier molecular flexibility index (Phi) is 7.91. The molecule has 0 aliphatic heterocycles. The average molecular weight is 794 g/mol. The fraction of sp³-hybridized carbons (Fsp3) is 0.115. The number of hydrogen-bond acceptors (Lipinski definition) is 1. The topological polar surface area (TPSA) is 3.24 Å². The van der Waals surface area contributed by atoms with Gasteiger partial charge >= 0.3 is 0 Å². The van der Waals surface area contributed by atoms with Crippen LogP contribution in [-0.2, 0) is 16.2 Å². The molecule has 1 nitrogen and oxygen atoms in total. The van der Waals surface area contributed by atoms with Crippen molar-refractivity contribution in [2.45, 2.75) is 43.9 Å². The predicted octanol–water partition coefficient (Wildman–Crippen LogP) is 15.8. The minimum absolute atomic E-state index is 0.118. The lowest BCUT2D eigenvalue weighted by Gasteiger charge is -2.35. The Morgan fingerprint density at radius 3 is 1.40 bits per heavy atom. The van der Waals surface area contributed by atoms with E-state index in [1.807, 2.05) is 0 Å². The van der Waals surface area contributed by atoms with Gasteiger partial charge in [-0.05, 0) is 125 Å². The second kappa shape index (κ2) is 13.4. The smallest absolute Gasteiger partial charge is 0.0714 e. The van der Waals surface area contributed by atoms with Gasteiger partial charge in [0.1, 0.15) is 0 Å². The lowest BCUT2D eigenvalue weighted by molar-refractivity contribution is 0.639. The molecule has 296 valence electrons. The molecule has 0 fully saturated rings. The molecule has 62 heavy (non-hydrogen) atoms. The van der Waals surface area contributed by atoms with Gasteiger partial charge in [0.15, 0.2) is 0 Å². The van der Waals surface area contributed by atoms with E-state index in [9.17, 15) is 0 Å². The van der Waals surface area contributed by atoms with Crippen LogP contribution < -0.4 is 4.90 Å². The summed E-state index contributed by atoms with van der Waals surface area (Å²) in [6.07, 6.45) is 0. The molecule has 3 aliphatic carbocycles. The highest BCUT2D eigenvalue weighted by atomic mass is 15.1. The van der Waals surface area contributed by atoms with Gasteiger partial charge < -0.3 is 4.90 Å². The van der Waals surface area contributed by atoms with Gasteiger partial charge in [-0.2, -0.15) is 0 Å². The van der Waals surface area contributed by atoms with Gasteiger partial charge in [0.25, 0.3) is 0 Å². The summed E-state index contributed by atoms with van der Waals surface area (Å²) in [6, 6.07) is 79.4. The van der Waals surface area contributed by atoms with Crippen LogP contribution in [0.25, 0.3) is 44.5 Å². The van der Waals surface area contributed by atoms with Crippen LogP contribution in [0.15, 0.2) is 212 Å². The van der Waals surface area contributed by atoms with Gasteiger partial charge in [-0.25, -0.2) is 0 Å². The summed E-state index contributed by atoms with van der Waals surface area (Å²) in [6.45, 7) is 9.66. The molecule has 0 saturated carbocycles. The molecule has 0 N–H and O–H groups in total. The first-order valence-corrected chi connectivity index (χ1v) is 22.0. The van der Waals surface area contributed by atoms with Gasteiger partial charge in [0.2, 0.25) is 0 Å². The van der Waals surface area contributed by atoms with Crippen molar-refractivity contribution in [1.29, 1.82) is 0 Å². The van der Waals surface area contributed by atoms with Crippen molar-refractivity contribution < 1.29 is 0 Å². The van der Waals surface area contributed by atoms with Crippen molar-refractivity contribution in [3.63, 3.8) is 0 Å². The molecule has 1 heteroatoms. The van der Waals surface area contributed by atoms with Gasteiger partial charge in [-0.3, -0.25) is 0 Å². The Hall–Kier alpha value is -7.22. The van der Waals surface area contributed by atoms with Gasteiger partial charge in [0, 0.05) is 27.9 Å². The van der Waals surface area contributed by atoms with E-state index in [1.54, 1.807) is 0 Å². The molecule has 0 saturated heterocycles. The van der Waals surface area contributed by atoms with Crippen molar-refractivity contribution >= 4 is 17.1 Å². The van der Waals surface area contributed by atoms with Gasteiger partial charge in [-0.1, -0.05) is 204 Å². The summed E-state index contributed by atoms with van der Waals surface area (Å²) >= 11 is 0. The number of rotatable bonds is 6. The monoisotopic (exact) mass is 793 g/mol. The maximum atomic E-state index is 2.57. The molecule has 0 atom stereocenters. The molecule has 9 aromatic rings. The summed E-state index contributed by atoms with van der Waals surface area (Å²) in [4.78, 5) is 2.48. The average Bonchev–Trinajstić information content (AvgIpc) is 3.84. The third-order valence-electron chi connectivity index (χ3n) is 14.5. The third kappa shape index (κ3) is 4.97. The van der Waals surface area contributed by atoms with Crippen LogP contribution in [0.2, 0.25) is 0 Å². The second-order valence-corrected chi connectivity index (χ2v) is 18.4. The summed E-state index contributed by atoms with van der Waals surface area (Å²) in [7, 11) is 0. The van der Waals surface area contributed by atoms with E-state index in [-0.39, 0.29) is 10.8 Å². The Morgan fingerprint density at radius 2 is 0.758 bits per heavy atom. The van der Waals surface area contributed by atoms with E-state index in [4.69, 9.17) is 0 Å². The third-order valence-corrected chi connectivity index (χ3v) is 14.5. The number of nitrogens with zero attached hydrogens (tertiary/aromatic N) is 1. The SMILES string of the molecule is CC1(C)c2ccccc2-c2c1cc1c(c2-c2ccccc2)-c2cc(N(c3ccccc3)c3ccc4c(c3)C(c3ccccc3)(c3ccccc3)c3ccccc3-4)ccc2C1(C)C. The standard InChI is InChI=1S/C61H47N/c1-59(2)50-31-19-18-30-48(50)57-54(59)39-55-58(56(57)40-21-9-5-10-22-40)49-37-44(34-36-51(49)60(55,3)4)62(43-27-15-8-16-28-43)45-33-35-47-46-29-17-20-32-52(46)61(53(47)38-45,41-23-11-6-12-24-41)42-25-13-7-14-26-42/h5-39H,1-4H3. The fourth-order valence-corrected chi connectivity index (χ4v) is 11.7. The van der Waals surface area contributed by atoms with Gasteiger partial charge in [0.05, 0.1) is 5.41 Å². The Morgan fingerprint density at radius 1 is 0.290 bits per heavy atom. The van der Waals surface area contributed by atoms with Crippen molar-refractivity contribution in [2.75, 3.05) is 4.90 Å². The zero-order chi connectivity index (χ0) is 41.8.